The molecule has 0 aliphatic heterocycles. The summed E-state index contributed by atoms with van der Waals surface area (Å²) in [7, 11) is 0. The van der Waals surface area contributed by atoms with Crippen LogP contribution in [0.3, 0.4) is 0 Å². The monoisotopic (exact) mass is 381 g/mol. The number of aromatic nitrogens is 3. The normalized spacial score (nSPS) is 11.2. The quantitative estimate of drug-likeness (QED) is 0.510. The van der Waals surface area contributed by atoms with Crippen molar-refractivity contribution in [3.8, 4) is 11.3 Å². The second kappa shape index (κ2) is 6.67. The van der Waals surface area contributed by atoms with Crippen molar-refractivity contribution in [1.29, 1.82) is 0 Å². The number of rotatable bonds is 3. The molecule has 0 radical (unpaired) electrons. The molecule has 26 heavy (non-hydrogen) atoms. The minimum atomic E-state index is -0.163. The van der Waals surface area contributed by atoms with Crippen molar-refractivity contribution >= 4 is 33.2 Å². The molecule has 0 aliphatic carbocycles. The number of benzene rings is 2. The summed E-state index contributed by atoms with van der Waals surface area (Å²) in [6.07, 6.45) is 0. The summed E-state index contributed by atoms with van der Waals surface area (Å²) in [5, 5.41) is 6.18. The average molecular weight is 382 g/mol. The number of nitrogens with zero attached hydrogens (tertiary/aromatic N) is 3. The highest BCUT2D eigenvalue weighted by Gasteiger charge is 2.16. The van der Waals surface area contributed by atoms with Crippen LogP contribution in [0.1, 0.15) is 16.1 Å². The molecule has 0 atom stereocenters. The summed E-state index contributed by atoms with van der Waals surface area (Å²) in [6.45, 7) is 4.35. The molecule has 4 nitrogen and oxygen atoms in total. The van der Waals surface area contributed by atoms with E-state index in [1.807, 2.05) is 56.3 Å². The van der Waals surface area contributed by atoms with Gasteiger partial charge in [0.1, 0.15) is 5.69 Å². The maximum Gasteiger partial charge on any atom is 0.294 e. The predicted octanol–water partition coefficient (Wildman–Crippen LogP) is 4.84. The maximum atomic E-state index is 12.9. The van der Waals surface area contributed by atoms with Crippen LogP contribution in [0.4, 0.5) is 0 Å². The van der Waals surface area contributed by atoms with Crippen LogP contribution in [0.15, 0.2) is 53.3 Å². The summed E-state index contributed by atoms with van der Waals surface area (Å²) in [6, 6.07) is 15.6. The SMILES string of the molecule is Cc1cccc(Cn2nc(-c3ccc(Cl)cc3)c3sc(C)nc3c2=O)c1. The molecule has 0 unspecified atom stereocenters. The number of thiazole rings is 1. The molecule has 130 valence electrons. The van der Waals surface area contributed by atoms with Crippen molar-refractivity contribution in [2.45, 2.75) is 20.4 Å². The molecule has 0 amide bonds. The number of aryl methyl sites for hydroxylation is 2. The van der Waals surface area contributed by atoms with Gasteiger partial charge in [-0.1, -0.05) is 53.6 Å². The van der Waals surface area contributed by atoms with Crippen LogP contribution in [0.5, 0.6) is 0 Å². The van der Waals surface area contributed by atoms with Gasteiger partial charge in [-0.2, -0.15) is 5.10 Å². The van der Waals surface area contributed by atoms with Gasteiger partial charge in [0.25, 0.3) is 5.56 Å². The van der Waals surface area contributed by atoms with Gasteiger partial charge in [-0.05, 0) is 31.5 Å². The van der Waals surface area contributed by atoms with Crippen LogP contribution in [0.2, 0.25) is 5.02 Å². The smallest absolute Gasteiger partial charge is 0.265 e. The first-order chi connectivity index (χ1) is 12.5. The Morgan fingerprint density at radius 1 is 1.12 bits per heavy atom. The summed E-state index contributed by atoms with van der Waals surface area (Å²) < 4.78 is 2.32. The number of halogens is 1. The first kappa shape index (κ1) is 16.9. The van der Waals surface area contributed by atoms with Gasteiger partial charge < -0.3 is 0 Å². The molecular weight excluding hydrogens is 366 g/mol. The average Bonchev–Trinajstić information content (AvgIpc) is 3.00. The maximum absolute atomic E-state index is 12.9. The number of hydrogen-bond acceptors (Lipinski definition) is 4. The van der Waals surface area contributed by atoms with E-state index in [2.05, 4.69) is 16.1 Å². The Labute approximate surface area is 159 Å². The third-order valence-corrected chi connectivity index (χ3v) is 5.37. The van der Waals surface area contributed by atoms with Gasteiger partial charge in [0.05, 0.1) is 16.3 Å². The topological polar surface area (TPSA) is 47.8 Å². The Bertz CT molecular complexity index is 1160. The first-order valence-electron chi connectivity index (χ1n) is 8.21. The first-order valence-corrected chi connectivity index (χ1v) is 9.40. The van der Waals surface area contributed by atoms with Gasteiger partial charge in [-0.3, -0.25) is 4.79 Å². The number of fused-ring (bicyclic) bond motifs is 1. The third kappa shape index (κ3) is 3.16. The fraction of sp³-hybridized carbons (Fsp3) is 0.150. The molecule has 0 saturated carbocycles. The zero-order valence-electron chi connectivity index (χ0n) is 14.4. The molecule has 0 fully saturated rings. The lowest BCUT2D eigenvalue weighted by atomic mass is 10.1. The van der Waals surface area contributed by atoms with Crippen molar-refractivity contribution in [2.75, 3.05) is 0 Å². The zero-order chi connectivity index (χ0) is 18.3. The Morgan fingerprint density at radius 2 is 1.88 bits per heavy atom. The van der Waals surface area contributed by atoms with Crippen molar-refractivity contribution in [2.24, 2.45) is 0 Å². The van der Waals surface area contributed by atoms with Crippen LogP contribution in [-0.2, 0) is 6.54 Å². The van der Waals surface area contributed by atoms with E-state index in [1.165, 1.54) is 16.0 Å². The van der Waals surface area contributed by atoms with E-state index in [4.69, 9.17) is 11.6 Å². The van der Waals surface area contributed by atoms with E-state index < -0.39 is 0 Å². The molecule has 0 spiro atoms. The van der Waals surface area contributed by atoms with Crippen LogP contribution < -0.4 is 5.56 Å². The predicted molar refractivity (Wildman–Crippen MR) is 107 cm³/mol. The van der Waals surface area contributed by atoms with Gasteiger partial charge in [0.15, 0.2) is 5.52 Å². The van der Waals surface area contributed by atoms with Crippen molar-refractivity contribution in [1.82, 2.24) is 14.8 Å². The lowest BCUT2D eigenvalue weighted by molar-refractivity contribution is 0.650. The Hall–Kier alpha value is -2.50. The highest BCUT2D eigenvalue weighted by Crippen LogP contribution is 2.30. The molecular formula is C20H16ClN3OS. The Kier molecular flexibility index (Phi) is 4.34. The Balaban J connectivity index is 1.92. The molecule has 0 aliphatic rings. The van der Waals surface area contributed by atoms with Crippen molar-refractivity contribution in [3.05, 3.63) is 80.0 Å². The highest BCUT2D eigenvalue weighted by molar-refractivity contribution is 7.19. The van der Waals surface area contributed by atoms with Crippen LogP contribution in [0, 0.1) is 13.8 Å². The molecule has 6 heteroatoms. The summed E-state index contributed by atoms with van der Waals surface area (Å²) in [4.78, 5) is 17.3. The van der Waals surface area contributed by atoms with E-state index in [0.29, 0.717) is 17.1 Å². The highest BCUT2D eigenvalue weighted by atomic mass is 35.5. The summed E-state index contributed by atoms with van der Waals surface area (Å²) >= 11 is 7.50. The fourth-order valence-corrected chi connectivity index (χ4v) is 4.00. The molecule has 2 heterocycles. The number of hydrogen-bond donors (Lipinski definition) is 0. The summed E-state index contributed by atoms with van der Waals surface area (Å²) in [5.74, 6) is 0. The van der Waals surface area contributed by atoms with Gasteiger partial charge >= 0.3 is 0 Å². The molecule has 0 N–H and O–H groups in total. The minimum absolute atomic E-state index is 0.163. The third-order valence-electron chi connectivity index (χ3n) is 4.14. The largest absolute Gasteiger partial charge is 0.294 e. The molecule has 0 bridgehead atoms. The van der Waals surface area contributed by atoms with Crippen LogP contribution >= 0.6 is 22.9 Å². The van der Waals surface area contributed by atoms with E-state index >= 15 is 0 Å². The van der Waals surface area contributed by atoms with E-state index in [1.54, 1.807) is 0 Å². The van der Waals surface area contributed by atoms with Gasteiger partial charge in [-0.25, -0.2) is 9.67 Å². The fourth-order valence-electron chi connectivity index (χ4n) is 2.95. The second-order valence-corrected chi connectivity index (χ2v) is 7.86. The van der Waals surface area contributed by atoms with Crippen LogP contribution in [0.25, 0.3) is 21.5 Å². The van der Waals surface area contributed by atoms with Crippen molar-refractivity contribution < 1.29 is 0 Å². The minimum Gasteiger partial charge on any atom is -0.265 e. The van der Waals surface area contributed by atoms with Gasteiger partial charge in [-0.15, -0.1) is 11.3 Å². The van der Waals surface area contributed by atoms with E-state index in [-0.39, 0.29) is 5.56 Å². The summed E-state index contributed by atoms with van der Waals surface area (Å²) in [5.41, 5.74) is 4.17. The zero-order valence-corrected chi connectivity index (χ0v) is 15.9. The van der Waals surface area contributed by atoms with Gasteiger partial charge in [0.2, 0.25) is 0 Å². The molecule has 0 saturated heterocycles. The van der Waals surface area contributed by atoms with Crippen LogP contribution in [-0.4, -0.2) is 14.8 Å². The van der Waals surface area contributed by atoms with E-state index in [9.17, 15) is 4.79 Å². The van der Waals surface area contributed by atoms with Crippen molar-refractivity contribution in [3.63, 3.8) is 0 Å². The Morgan fingerprint density at radius 3 is 2.62 bits per heavy atom. The standard InChI is InChI=1S/C20H16ClN3OS/c1-12-4-3-5-14(10-12)11-24-20(25)18-19(26-13(2)22-18)17(23-24)15-6-8-16(21)9-7-15/h3-10H,11H2,1-2H3. The lowest BCUT2D eigenvalue weighted by Gasteiger charge is -2.09. The molecule has 4 rings (SSSR count). The second-order valence-electron chi connectivity index (χ2n) is 6.22. The molecule has 2 aromatic carbocycles. The van der Waals surface area contributed by atoms with Gasteiger partial charge in [0, 0.05) is 10.6 Å². The molecule has 2 aromatic heterocycles. The molecule has 4 aromatic rings. The van der Waals surface area contributed by atoms with E-state index in [0.717, 1.165) is 32.1 Å². The lowest BCUT2D eigenvalue weighted by Crippen LogP contribution is -2.24.